The van der Waals surface area contributed by atoms with Crippen molar-refractivity contribution in [3.63, 3.8) is 0 Å². The normalized spacial score (nSPS) is 13.6. The minimum absolute atomic E-state index is 0.0925. The van der Waals surface area contributed by atoms with E-state index in [4.69, 9.17) is 10.5 Å². The van der Waals surface area contributed by atoms with Crippen molar-refractivity contribution in [1.82, 2.24) is 15.2 Å². The summed E-state index contributed by atoms with van der Waals surface area (Å²) in [5.74, 6) is 0.953. The van der Waals surface area contributed by atoms with Gasteiger partial charge in [-0.2, -0.15) is 0 Å². The van der Waals surface area contributed by atoms with E-state index in [9.17, 15) is 9.59 Å². The average molecular weight is 539 g/mol. The van der Waals surface area contributed by atoms with E-state index in [1.807, 2.05) is 84.6 Å². The van der Waals surface area contributed by atoms with Gasteiger partial charge in [-0.1, -0.05) is 24.3 Å². The quantitative estimate of drug-likeness (QED) is 0.229. The number of hydrogen-bond donors (Lipinski definition) is 4. The first-order valence-electron chi connectivity index (χ1n) is 13.6. The third-order valence-electron chi connectivity index (χ3n) is 6.91. The topological polar surface area (TPSA) is 122 Å². The Morgan fingerprint density at radius 2 is 1.82 bits per heavy atom. The highest BCUT2D eigenvalue weighted by molar-refractivity contribution is 5.94. The zero-order chi connectivity index (χ0) is 27.9. The third-order valence-corrected chi connectivity index (χ3v) is 6.91. The molecule has 1 fully saturated rings. The second kappa shape index (κ2) is 12.4. The fourth-order valence-electron chi connectivity index (χ4n) is 4.88. The summed E-state index contributed by atoms with van der Waals surface area (Å²) in [6.45, 7) is 4.31. The van der Waals surface area contributed by atoms with Gasteiger partial charge in [-0.15, -0.1) is 0 Å². The molecule has 1 aliphatic heterocycles. The van der Waals surface area contributed by atoms with Gasteiger partial charge in [-0.05, 0) is 84.8 Å². The van der Waals surface area contributed by atoms with Gasteiger partial charge in [0.05, 0.1) is 6.61 Å². The highest BCUT2D eigenvalue weighted by Gasteiger charge is 2.22. The Bertz CT molecular complexity index is 1500. The number of pyridine rings is 1. The van der Waals surface area contributed by atoms with E-state index in [0.29, 0.717) is 30.4 Å². The maximum Gasteiger partial charge on any atom is 0.321 e. The Kier molecular flexibility index (Phi) is 8.29. The number of nitrogens with one attached hydrogen (secondary N) is 3. The highest BCUT2D eigenvalue weighted by atomic mass is 16.5. The summed E-state index contributed by atoms with van der Waals surface area (Å²) in [5, 5.41) is 11.2. The van der Waals surface area contributed by atoms with E-state index in [-0.39, 0.29) is 11.9 Å². The molecule has 0 aliphatic carbocycles. The standard InChI is InChI=1S/C31H34N6O3/c1-2-40-26-10-6-8-23(19-26)28(35-25-11-12-27-22(18-25)13-14-33-29(27)32)30(38)34-20-21-7-5-9-24(17-21)36-31(39)37-15-3-4-16-37/h5-14,17-19,28,35H,2-4,15-16,20H2,1H3,(H2,32,33)(H,34,38)(H,36,39). The molecule has 9 nitrogen and oxygen atoms in total. The molecule has 0 saturated carbocycles. The predicted octanol–water partition coefficient (Wildman–Crippen LogP) is 5.31. The number of nitrogens with zero attached hydrogens (tertiary/aromatic N) is 2. The van der Waals surface area contributed by atoms with E-state index in [0.717, 1.165) is 53.5 Å². The number of carbonyl (C=O) groups excluding carboxylic acids is 2. The first kappa shape index (κ1) is 26.8. The Balaban J connectivity index is 1.33. The molecule has 4 aromatic rings. The number of rotatable bonds is 9. The summed E-state index contributed by atoms with van der Waals surface area (Å²) >= 11 is 0. The number of fused-ring (bicyclic) bond motifs is 1. The van der Waals surface area contributed by atoms with Crippen molar-refractivity contribution in [2.45, 2.75) is 32.4 Å². The molecule has 206 valence electrons. The van der Waals surface area contributed by atoms with Gasteiger partial charge in [-0.3, -0.25) is 4.79 Å². The third kappa shape index (κ3) is 6.43. The van der Waals surface area contributed by atoms with Crippen LogP contribution < -0.4 is 26.4 Å². The van der Waals surface area contributed by atoms with Gasteiger partial charge in [0.25, 0.3) is 0 Å². The predicted molar refractivity (Wildman–Crippen MR) is 158 cm³/mol. The zero-order valence-corrected chi connectivity index (χ0v) is 22.5. The molecule has 5 rings (SSSR count). The second-order valence-electron chi connectivity index (χ2n) is 9.76. The van der Waals surface area contributed by atoms with Gasteiger partial charge in [-0.25, -0.2) is 9.78 Å². The van der Waals surface area contributed by atoms with Crippen LogP contribution in [0.2, 0.25) is 0 Å². The van der Waals surface area contributed by atoms with Gasteiger partial charge >= 0.3 is 6.03 Å². The summed E-state index contributed by atoms with van der Waals surface area (Å²) < 4.78 is 5.69. The summed E-state index contributed by atoms with van der Waals surface area (Å²) in [5.41, 5.74) is 9.14. The van der Waals surface area contributed by atoms with Crippen molar-refractivity contribution in [3.8, 4) is 5.75 Å². The molecule has 1 atom stereocenters. The van der Waals surface area contributed by atoms with Crippen LogP contribution in [-0.4, -0.2) is 41.5 Å². The average Bonchev–Trinajstić information content (AvgIpc) is 3.51. The molecule has 0 bridgehead atoms. The van der Waals surface area contributed by atoms with E-state index in [1.54, 1.807) is 6.20 Å². The molecule has 2 heterocycles. The van der Waals surface area contributed by atoms with Gasteiger partial charge in [0.15, 0.2) is 0 Å². The maximum atomic E-state index is 13.6. The van der Waals surface area contributed by atoms with Crippen LogP contribution in [0.5, 0.6) is 5.75 Å². The van der Waals surface area contributed by atoms with Crippen molar-refractivity contribution >= 4 is 39.9 Å². The SMILES string of the molecule is CCOc1cccc(C(Nc2ccc3c(N)nccc3c2)C(=O)NCc2cccc(NC(=O)N3CCCC3)c2)c1. The molecule has 3 amide bonds. The minimum atomic E-state index is -0.685. The molecule has 3 aromatic carbocycles. The summed E-state index contributed by atoms with van der Waals surface area (Å²) in [6.07, 6.45) is 3.73. The Labute approximate surface area is 233 Å². The van der Waals surface area contributed by atoms with Gasteiger partial charge in [0.1, 0.15) is 17.6 Å². The number of hydrogen-bond acceptors (Lipinski definition) is 6. The lowest BCUT2D eigenvalue weighted by atomic mass is 10.0. The largest absolute Gasteiger partial charge is 0.494 e. The number of amides is 3. The lowest BCUT2D eigenvalue weighted by Crippen LogP contribution is -2.33. The lowest BCUT2D eigenvalue weighted by Gasteiger charge is -2.21. The first-order chi connectivity index (χ1) is 19.5. The molecule has 40 heavy (non-hydrogen) atoms. The first-order valence-corrected chi connectivity index (χ1v) is 13.6. The summed E-state index contributed by atoms with van der Waals surface area (Å²) in [4.78, 5) is 32.1. The molecule has 1 unspecified atom stereocenters. The molecular weight excluding hydrogens is 504 g/mol. The molecule has 0 spiro atoms. The van der Waals surface area contributed by atoms with Crippen LogP contribution in [0.15, 0.2) is 79.0 Å². The van der Waals surface area contributed by atoms with E-state index in [2.05, 4.69) is 20.9 Å². The Morgan fingerprint density at radius 3 is 2.65 bits per heavy atom. The van der Waals surface area contributed by atoms with Crippen molar-refractivity contribution in [3.05, 3.63) is 90.1 Å². The minimum Gasteiger partial charge on any atom is -0.494 e. The number of benzene rings is 3. The number of carbonyl (C=O) groups is 2. The van der Waals surface area contributed by atoms with Crippen LogP contribution in [0.1, 0.15) is 36.9 Å². The van der Waals surface area contributed by atoms with Crippen molar-refractivity contribution in [1.29, 1.82) is 0 Å². The molecule has 1 saturated heterocycles. The van der Waals surface area contributed by atoms with Crippen LogP contribution in [0.25, 0.3) is 10.8 Å². The Morgan fingerprint density at radius 1 is 1.00 bits per heavy atom. The highest BCUT2D eigenvalue weighted by Crippen LogP contribution is 2.27. The van der Waals surface area contributed by atoms with Crippen molar-refractivity contribution in [2.24, 2.45) is 0 Å². The van der Waals surface area contributed by atoms with E-state index < -0.39 is 6.04 Å². The van der Waals surface area contributed by atoms with Gasteiger partial charge in [0, 0.05) is 42.6 Å². The number of nitrogens with two attached hydrogens (primary N) is 1. The van der Waals surface area contributed by atoms with Crippen molar-refractivity contribution < 1.29 is 14.3 Å². The number of urea groups is 1. The van der Waals surface area contributed by atoms with Crippen LogP contribution in [0.3, 0.4) is 0 Å². The summed E-state index contributed by atoms with van der Waals surface area (Å²) in [6, 6.07) is 21.9. The fraction of sp³-hybridized carbons (Fsp3) is 0.258. The molecule has 0 radical (unpaired) electrons. The number of aromatic nitrogens is 1. The molecular formula is C31H34N6O3. The summed E-state index contributed by atoms with van der Waals surface area (Å²) in [7, 11) is 0. The van der Waals surface area contributed by atoms with Crippen LogP contribution >= 0.6 is 0 Å². The van der Waals surface area contributed by atoms with E-state index >= 15 is 0 Å². The lowest BCUT2D eigenvalue weighted by molar-refractivity contribution is -0.122. The molecule has 1 aliphatic rings. The number of nitrogen functional groups attached to an aromatic ring is 1. The molecule has 1 aromatic heterocycles. The van der Waals surface area contributed by atoms with Crippen molar-refractivity contribution in [2.75, 3.05) is 36.1 Å². The fourth-order valence-corrected chi connectivity index (χ4v) is 4.88. The number of likely N-dealkylation sites (tertiary alicyclic amines) is 1. The molecule has 5 N–H and O–H groups in total. The second-order valence-corrected chi connectivity index (χ2v) is 9.76. The van der Waals surface area contributed by atoms with E-state index in [1.165, 1.54) is 0 Å². The number of ether oxygens (including phenoxy) is 1. The van der Waals surface area contributed by atoms with Crippen LogP contribution in [0.4, 0.5) is 22.0 Å². The monoisotopic (exact) mass is 538 g/mol. The van der Waals surface area contributed by atoms with Gasteiger partial charge < -0.3 is 31.3 Å². The number of anilines is 3. The maximum absolute atomic E-state index is 13.6. The smallest absolute Gasteiger partial charge is 0.321 e. The molecule has 9 heteroatoms. The zero-order valence-electron chi connectivity index (χ0n) is 22.5. The van der Waals surface area contributed by atoms with Gasteiger partial charge in [0.2, 0.25) is 5.91 Å². The van der Waals surface area contributed by atoms with Crippen LogP contribution in [0, 0.1) is 0 Å². The Hall–Kier alpha value is -4.79. The van der Waals surface area contributed by atoms with Crippen LogP contribution in [-0.2, 0) is 11.3 Å².